The van der Waals surface area contributed by atoms with E-state index in [1.807, 2.05) is 16.3 Å². The summed E-state index contributed by atoms with van der Waals surface area (Å²) in [5.41, 5.74) is 0. The molecule has 2 rings (SSSR count). The van der Waals surface area contributed by atoms with Crippen LogP contribution in [0.3, 0.4) is 0 Å². The molecule has 0 aromatic carbocycles. The quantitative estimate of drug-likeness (QED) is 0.863. The van der Waals surface area contributed by atoms with Crippen molar-refractivity contribution in [3.05, 3.63) is 16.3 Å². The number of hydrogen-bond acceptors (Lipinski definition) is 4. The Morgan fingerprint density at radius 2 is 2.11 bits per heavy atom. The predicted octanol–water partition coefficient (Wildman–Crippen LogP) is 2.59. The van der Waals surface area contributed by atoms with Gasteiger partial charge in [0.05, 0.1) is 4.88 Å². The van der Waals surface area contributed by atoms with Gasteiger partial charge in [-0.05, 0) is 19.4 Å². The number of rotatable bonds is 3. The van der Waals surface area contributed by atoms with Crippen molar-refractivity contribution < 1.29 is 4.79 Å². The molecule has 0 aliphatic carbocycles. The number of carbonyl (C=O) groups is 1. The standard InChI is InChI=1S/C13H20N2OS2/c1-3-10(2)14-4-6-15(7-5-14)13(16)12-8-11(17)9-18-12/h8-10,17H,3-7H2,1-2H3. The first-order valence-corrected chi connectivity index (χ1v) is 7.75. The lowest BCUT2D eigenvalue weighted by Gasteiger charge is -2.37. The molecule has 1 fully saturated rings. The maximum atomic E-state index is 12.2. The lowest BCUT2D eigenvalue weighted by molar-refractivity contribution is 0.0584. The van der Waals surface area contributed by atoms with Crippen LogP contribution in [0.25, 0.3) is 0 Å². The van der Waals surface area contributed by atoms with Crippen molar-refractivity contribution in [2.24, 2.45) is 0 Å². The molecule has 1 aliphatic heterocycles. The van der Waals surface area contributed by atoms with Crippen LogP contribution in [0.5, 0.6) is 0 Å². The van der Waals surface area contributed by atoms with E-state index >= 15 is 0 Å². The molecule has 5 heteroatoms. The third-order valence-corrected chi connectivity index (χ3v) is 4.96. The molecule has 1 unspecified atom stereocenters. The number of amides is 1. The van der Waals surface area contributed by atoms with Crippen LogP contribution in [0.2, 0.25) is 0 Å². The minimum Gasteiger partial charge on any atom is -0.335 e. The van der Waals surface area contributed by atoms with E-state index in [2.05, 4.69) is 31.4 Å². The van der Waals surface area contributed by atoms with Crippen molar-refractivity contribution in [3.63, 3.8) is 0 Å². The summed E-state index contributed by atoms with van der Waals surface area (Å²) in [6, 6.07) is 2.48. The summed E-state index contributed by atoms with van der Waals surface area (Å²) in [6.07, 6.45) is 1.17. The Hall–Kier alpha value is -0.520. The summed E-state index contributed by atoms with van der Waals surface area (Å²) >= 11 is 5.73. The van der Waals surface area contributed by atoms with Crippen LogP contribution in [-0.2, 0) is 0 Å². The average Bonchev–Trinajstić information content (AvgIpc) is 2.84. The predicted molar refractivity (Wildman–Crippen MR) is 78.8 cm³/mol. The zero-order valence-electron chi connectivity index (χ0n) is 10.9. The summed E-state index contributed by atoms with van der Waals surface area (Å²) in [4.78, 5) is 18.3. The van der Waals surface area contributed by atoms with Crippen molar-refractivity contribution in [2.75, 3.05) is 26.2 Å². The molecule has 1 saturated heterocycles. The van der Waals surface area contributed by atoms with Crippen LogP contribution in [-0.4, -0.2) is 47.9 Å². The third-order valence-electron chi connectivity index (χ3n) is 3.61. The van der Waals surface area contributed by atoms with Gasteiger partial charge in [-0.3, -0.25) is 9.69 Å². The number of thiol groups is 1. The van der Waals surface area contributed by atoms with Crippen LogP contribution in [0, 0.1) is 0 Å². The summed E-state index contributed by atoms with van der Waals surface area (Å²) < 4.78 is 0. The van der Waals surface area contributed by atoms with E-state index < -0.39 is 0 Å². The third kappa shape index (κ3) is 3.08. The first-order chi connectivity index (χ1) is 8.61. The minimum atomic E-state index is 0.157. The van der Waals surface area contributed by atoms with E-state index in [-0.39, 0.29) is 5.91 Å². The van der Waals surface area contributed by atoms with Gasteiger partial charge in [0, 0.05) is 42.5 Å². The van der Waals surface area contributed by atoms with Gasteiger partial charge < -0.3 is 4.90 Å². The largest absolute Gasteiger partial charge is 0.335 e. The molecular weight excluding hydrogens is 264 g/mol. The average molecular weight is 284 g/mol. The Morgan fingerprint density at radius 3 is 2.61 bits per heavy atom. The number of nitrogens with zero attached hydrogens (tertiary/aromatic N) is 2. The monoisotopic (exact) mass is 284 g/mol. The van der Waals surface area contributed by atoms with Gasteiger partial charge in [-0.15, -0.1) is 24.0 Å². The molecule has 0 saturated carbocycles. The normalized spacial score (nSPS) is 18.9. The zero-order chi connectivity index (χ0) is 13.1. The molecule has 18 heavy (non-hydrogen) atoms. The smallest absolute Gasteiger partial charge is 0.264 e. The number of thiophene rings is 1. The van der Waals surface area contributed by atoms with Gasteiger partial charge >= 0.3 is 0 Å². The fourth-order valence-electron chi connectivity index (χ4n) is 2.22. The second-order valence-corrected chi connectivity index (χ2v) is 6.18. The highest BCUT2D eigenvalue weighted by Gasteiger charge is 2.24. The van der Waals surface area contributed by atoms with Gasteiger partial charge in [0.15, 0.2) is 0 Å². The maximum absolute atomic E-state index is 12.2. The maximum Gasteiger partial charge on any atom is 0.264 e. The Labute approximate surface area is 118 Å². The lowest BCUT2D eigenvalue weighted by Crippen LogP contribution is -2.51. The topological polar surface area (TPSA) is 23.6 Å². The van der Waals surface area contributed by atoms with E-state index in [9.17, 15) is 4.79 Å². The molecule has 1 aliphatic rings. The van der Waals surface area contributed by atoms with Crippen LogP contribution in [0.15, 0.2) is 16.3 Å². The van der Waals surface area contributed by atoms with Gasteiger partial charge in [-0.1, -0.05) is 6.92 Å². The number of hydrogen-bond donors (Lipinski definition) is 1. The summed E-state index contributed by atoms with van der Waals surface area (Å²) in [6.45, 7) is 8.11. The SMILES string of the molecule is CCC(C)N1CCN(C(=O)c2cc(S)cs2)CC1. The second-order valence-electron chi connectivity index (χ2n) is 4.75. The van der Waals surface area contributed by atoms with Crippen molar-refractivity contribution in [2.45, 2.75) is 31.2 Å². The molecule has 1 amide bonds. The first-order valence-electron chi connectivity index (χ1n) is 6.42. The molecule has 3 nitrogen and oxygen atoms in total. The Kier molecular flexibility index (Phi) is 4.70. The van der Waals surface area contributed by atoms with Crippen molar-refractivity contribution >= 4 is 29.9 Å². The lowest BCUT2D eigenvalue weighted by atomic mass is 10.2. The molecule has 1 aromatic rings. The molecule has 1 atom stereocenters. The Morgan fingerprint density at radius 1 is 1.44 bits per heavy atom. The summed E-state index contributed by atoms with van der Waals surface area (Å²) in [5.74, 6) is 0.157. The number of piperazine rings is 1. The van der Waals surface area contributed by atoms with Crippen LogP contribution in [0.1, 0.15) is 29.9 Å². The highest BCUT2D eigenvalue weighted by molar-refractivity contribution is 7.80. The van der Waals surface area contributed by atoms with Crippen LogP contribution >= 0.6 is 24.0 Å². The molecule has 0 spiro atoms. The Bertz CT molecular complexity index is 411. The van der Waals surface area contributed by atoms with Gasteiger partial charge in [-0.2, -0.15) is 0 Å². The highest BCUT2D eigenvalue weighted by atomic mass is 32.1. The summed E-state index contributed by atoms with van der Waals surface area (Å²) in [7, 11) is 0. The summed E-state index contributed by atoms with van der Waals surface area (Å²) in [5, 5.41) is 1.91. The van der Waals surface area contributed by atoms with Crippen molar-refractivity contribution in [1.82, 2.24) is 9.80 Å². The molecular formula is C13H20N2OS2. The van der Waals surface area contributed by atoms with E-state index in [1.54, 1.807) is 0 Å². The van der Waals surface area contributed by atoms with E-state index in [4.69, 9.17) is 0 Å². The second kappa shape index (κ2) is 6.08. The van der Waals surface area contributed by atoms with Gasteiger partial charge in [0.1, 0.15) is 0 Å². The van der Waals surface area contributed by atoms with Crippen molar-refractivity contribution in [3.8, 4) is 0 Å². The van der Waals surface area contributed by atoms with Crippen molar-refractivity contribution in [1.29, 1.82) is 0 Å². The fourth-order valence-corrected chi connectivity index (χ4v) is 3.33. The molecule has 1 aromatic heterocycles. The van der Waals surface area contributed by atoms with Gasteiger partial charge in [0.2, 0.25) is 0 Å². The minimum absolute atomic E-state index is 0.157. The van der Waals surface area contributed by atoms with E-state index in [0.717, 1.165) is 36.0 Å². The zero-order valence-corrected chi connectivity index (χ0v) is 12.6. The van der Waals surface area contributed by atoms with Crippen LogP contribution < -0.4 is 0 Å². The molecule has 0 radical (unpaired) electrons. The van der Waals surface area contributed by atoms with Gasteiger partial charge in [0.25, 0.3) is 5.91 Å². The van der Waals surface area contributed by atoms with Crippen LogP contribution in [0.4, 0.5) is 0 Å². The molecule has 0 bridgehead atoms. The van der Waals surface area contributed by atoms with E-state index in [1.165, 1.54) is 17.8 Å². The Balaban J connectivity index is 1.92. The number of carbonyl (C=O) groups excluding carboxylic acids is 1. The van der Waals surface area contributed by atoms with Gasteiger partial charge in [-0.25, -0.2) is 0 Å². The molecule has 2 heterocycles. The molecule has 100 valence electrons. The fraction of sp³-hybridized carbons (Fsp3) is 0.615. The van der Waals surface area contributed by atoms with E-state index in [0.29, 0.717) is 6.04 Å². The highest BCUT2D eigenvalue weighted by Crippen LogP contribution is 2.20. The first kappa shape index (κ1) is 13.9. The molecule has 0 N–H and O–H groups in total.